The molecule has 0 saturated carbocycles. The monoisotopic (exact) mass is 272 g/mol. The Morgan fingerprint density at radius 2 is 2.00 bits per heavy atom. The van der Waals surface area contributed by atoms with E-state index in [9.17, 15) is 5.11 Å². The van der Waals surface area contributed by atoms with Crippen molar-refractivity contribution in [1.82, 2.24) is 10.2 Å². The molecule has 1 saturated heterocycles. The summed E-state index contributed by atoms with van der Waals surface area (Å²) >= 11 is 0. The number of methoxy groups -OCH3 is 1. The molecule has 2 N–H and O–H groups in total. The molecule has 0 aromatic heterocycles. The summed E-state index contributed by atoms with van der Waals surface area (Å²) in [5.74, 6) is 0.749. The summed E-state index contributed by atoms with van der Waals surface area (Å²) in [6.07, 6.45) is 3.06. The number of nitrogens with zero attached hydrogens (tertiary/aromatic N) is 1. The molecule has 0 bridgehead atoms. The molecular formula is C15H32N2O2. The molecule has 114 valence electrons. The number of likely N-dealkylation sites (tertiary alicyclic amines) is 1. The van der Waals surface area contributed by atoms with Gasteiger partial charge in [0, 0.05) is 39.3 Å². The smallest absolute Gasteiger partial charge is 0.0765 e. The minimum absolute atomic E-state index is 0.553. The van der Waals surface area contributed by atoms with Crippen LogP contribution >= 0.6 is 0 Å². The summed E-state index contributed by atoms with van der Waals surface area (Å²) in [4.78, 5) is 2.55. The Hall–Kier alpha value is -0.160. The standard InChI is InChI=1S/C15H32N2O2/c1-13(2)11-17-8-5-14(6-9-17)16-12-15(3,18)7-10-19-4/h13-14,16,18H,5-12H2,1-4H3. The Kier molecular flexibility index (Phi) is 7.29. The first kappa shape index (κ1) is 16.9. The second-order valence-corrected chi connectivity index (χ2v) is 6.59. The molecule has 1 atom stereocenters. The predicted octanol–water partition coefficient (Wildman–Crippen LogP) is 1.48. The van der Waals surface area contributed by atoms with Gasteiger partial charge in [0.2, 0.25) is 0 Å². The van der Waals surface area contributed by atoms with E-state index in [4.69, 9.17) is 4.74 Å². The lowest BCUT2D eigenvalue weighted by atomic mass is 9.99. The molecule has 1 unspecified atom stereocenters. The van der Waals surface area contributed by atoms with Gasteiger partial charge in [-0.3, -0.25) is 0 Å². The molecule has 0 aromatic carbocycles. The summed E-state index contributed by atoms with van der Waals surface area (Å²) in [6, 6.07) is 0.553. The highest BCUT2D eigenvalue weighted by molar-refractivity contribution is 4.82. The third-order valence-electron chi connectivity index (χ3n) is 3.83. The van der Waals surface area contributed by atoms with Gasteiger partial charge in [-0.2, -0.15) is 0 Å². The van der Waals surface area contributed by atoms with E-state index in [0.717, 1.165) is 5.92 Å². The molecule has 0 spiro atoms. The lowest BCUT2D eigenvalue weighted by molar-refractivity contribution is 0.0205. The van der Waals surface area contributed by atoms with E-state index in [0.29, 0.717) is 25.6 Å². The summed E-state index contributed by atoms with van der Waals surface area (Å²) in [5, 5.41) is 13.7. The maximum Gasteiger partial charge on any atom is 0.0765 e. The molecule has 0 aromatic rings. The summed E-state index contributed by atoms with van der Waals surface area (Å²) in [7, 11) is 1.67. The van der Waals surface area contributed by atoms with E-state index < -0.39 is 5.60 Å². The van der Waals surface area contributed by atoms with Gasteiger partial charge in [-0.15, -0.1) is 0 Å². The van der Waals surface area contributed by atoms with Crippen molar-refractivity contribution in [1.29, 1.82) is 0 Å². The molecule has 4 nitrogen and oxygen atoms in total. The van der Waals surface area contributed by atoms with E-state index >= 15 is 0 Å². The number of piperidine rings is 1. The van der Waals surface area contributed by atoms with Crippen molar-refractivity contribution in [3.8, 4) is 0 Å². The zero-order valence-corrected chi connectivity index (χ0v) is 13.1. The van der Waals surface area contributed by atoms with Crippen molar-refractivity contribution < 1.29 is 9.84 Å². The zero-order chi connectivity index (χ0) is 14.3. The van der Waals surface area contributed by atoms with Gasteiger partial charge in [0.25, 0.3) is 0 Å². The fourth-order valence-electron chi connectivity index (χ4n) is 2.61. The van der Waals surface area contributed by atoms with Gasteiger partial charge in [0.15, 0.2) is 0 Å². The molecule has 0 amide bonds. The highest BCUT2D eigenvalue weighted by atomic mass is 16.5. The third kappa shape index (κ3) is 7.25. The van der Waals surface area contributed by atoms with E-state index in [1.165, 1.54) is 32.5 Å². The van der Waals surface area contributed by atoms with Gasteiger partial charge >= 0.3 is 0 Å². The Bertz CT molecular complexity index is 236. The number of rotatable bonds is 8. The lowest BCUT2D eigenvalue weighted by Gasteiger charge is -2.35. The molecule has 1 rings (SSSR count). The quantitative estimate of drug-likeness (QED) is 0.702. The van der Waals surface area contributed by atoms with E-state index in [1.807, 2.05) is 6.92 Å². The largest absolute Gasteiger partial charge is 0.389 e. The van der Waals surface area contributed by atoms with E-state index in [1.54, 1.807) is 7.11 Å². The van der Waals surface area contributed by atoms with Gasteiger partial charge in [0.05, 0.1) is 5.60 Å². The van der Waals surface area contributed by atoms with Crippen LogP contribution in [0.15, 0.2) is 0 Å². The van der Waals surface area contributed by atoms with E-state index in [2.05, 4.69) is 24.1 Å². The Labute approximate surface area is 118 Å². The molecule has 0 aliphatic carbocycles. The highest BCUT2D eigenvalue weighted by Crippen LogP contribution is 2.14. The van der Waals surface area contributed by atoms with Crippen LogP contribution in [-0.2, 0) is 4.74 Å². The number of hydrogen-bond acceptors (Lipinski definition) is 4. The Morgan fingerprint density at radius 1 is 1.37 bits per heavy atom. The van der Waals surface area contributed by atoms with Crippen molar-refractivity contribution in [2.45, 2.75) is 51.7 Å². The number of hydrogen-bond donors (Lipinski definition) is 2. The average Bonchev–Trinajstić information content (AvgIpc) is 2.35. The normalized spacial score (nSPS) is 21.8. The van der Waals surface area contributed by atoms with Gasteiger partial charge in [0.1, 0.15) is 0 Å². The molecule has 4 heteroatoms. The molecule has 1 aliphatic heterocycles. The van der Waals surface area contributed by atoms with Crippen LogP contribution in [-0.4, -0.2) is 61.5 Å². The lowest BCUT2D eigenvalue weighted by Crippen LogP contribution is -2.48. The minimum atomic E-state index is -0.662. The third-order valence-corrected chi connectivity index (χ3v) is 3.83. The SMILES string of the molecule is COCCC(C)(O)CNC1CCN(CC(C)C)CC1. The fraction of sp³-hybridized carbons (Fsp3) is 1.00. The van der Waals surface area contributed by atoms with Crippen LogP contribution in [0.1, 0.15) is 40.0 Å². The van der Waals surface area contributed by atoms with Crippen LogP contribution in [0.4, 0.5) is 0 Å². The number of ether oxygens (including phenoxy) is 1. The van der Waals surface area contributed by atoms with E-state index in [-0.39, 0.29) is 0 Å². The molecule has 19 heavy (non-hydrogen) atoms. The Morgan fingerprint density at radius 3 is 2.53 bits per heavy atom. The van der Waals surface area contributed by atoms with Crippen molar-refractivity contribution in [2.75, 3.05) is 39.9 Å². The maximum atomic E-state index is 10.2. The number of nitrogens with one attached hydrogen (secondary N) is 1. The first-order valence-electron chi connectivity index (χ1n) is 7.60. The minimum Gasteiger partial charge on any atom is -0.389 e. The first-order chi connectivity index (χ1) is 8.93. The van der Waals surface area contributed by atoms with Crippen molar-refractivity contribution in [2.24, 2.45) is 5.92 Å². The summed E-state index contributed by atoms with van der Waals surface area (Å²) in [5.41, 5.74) is -0.662. The zero-order valence-electron chi connectivity index (χ0n) is 13.1. The van der Waals surface area contributed by atoms with Gasteiger partial charge < -0.3 is 20.1 Å². The van der Waals surface area contributed by atoms with Crippen molar-refractivity contribution in [3.63, 3.8) is 0 Å². The van der Waals surface area contributed by atoms with Crippen LogP contribution in [0, 0.1) is 5.92 Å². The molecular weight excluding hydrogens is 240 g/mol. The Balaban J connectivity index is 2.18. The van der Waals surface area contributed by atoms with Crippen LogP contribution in [0.3, 0.4) is 0 Å². The average molecular weight is 272 g/mol. The number of aliphatic hydroxyl groups is 1. The van der Waals surface area contributed by atoms with Crippen LogP contribution in [0.5, 0.6) is 0 Å². The van der Waals surface area contributed by atoms with Crippen LogP contribution < -0.4 is 5.32 Å². The summed E-state index contributed by atoms with van der Waals surface area (Å²) < 4.78 is 5.03. The van der Waals surface area contributed by atoms with Gasteiger partial charge in [-0.1, -0.05) is 13.8 Å². The summed E-state index contributed by atoms with van der Waals surface area (Å²) in [6.45, 7) is 11.3. The highest BCUT2D eigenvalue weighted by Gasteiger charge is 2.24. The first-order valence-corrected chi connectivity index (χ1v) is 7.60. The second kappa shape index (κ2) is 8.20. The van der Waals surface area contributed by atoms with Gasteiger partial charge in [-0.05, 0) is 38.8 Å². The predicted molar refractivity (Wildman–Crippen MR) is 79.4 cm³/mol. The second-order valence-electron chi connectivity index (χ2n) is 6.59. The fourth-order valence-corrected chi connectivity index (χ4v) is 2.61. The molecule has 0 radical (unpaired) electrons. The van der Waals surface area contributed by atoms with Crippen molar-refractivity contribution >= 4 is 0 Å². The van der Waals surface area contributed by atoms with Gasteiger partial charge in [-0.25, -0.2) is 0 Å². The molecule has 1 fully saturated rings. The topological polar surface area (TPSA) is 44.7 Å². The van der Waals surface area contributed by atoms with Crippen molar-refractivity contribution in [3.05, 3.63) is 0 Å². The maximum absolute atomic E-state index is 10.2. The molecule has 1 heterocycles. The molecule has 1 aliphatic rings. The van der Waals surface area contributed by atoms with Crippen LogP contribution in [0.2, 0.25) is 0 Å². The van der Waals surface area contributed by atoms with Crippen LogP contribution in [0.25, 0.3) is 0 Å².